The van der Waals surface area contributed by atoms with Crippen LogP contribution in [-0.4, -0.2) is 14.5 Å². The Hall–Kier alpha value is -2.14. The molecule has 1 aromatic carbocycles. The first-order chi connectivity index (χ1) is 9.11. The maximum Gasteiger partial charge on any atom is 0.342 e. The minimum absolute atomic E-state index is 0.0304. The third-order valence-electron chi connectivity index (χ3n) is 2.75. The van der Waals surface area contributed by atoms with Crippen LogP contribution in [0.3, 0.4) is 0 Å². The summed E-state index contributed by atoms with van der Waals surface area (Å²) in [5.41, 5.74) is 2.03. The summed E-state index contributed by atoms with van der Waals surface area (Å²) in [6, 6.07) is 7.75. The molecule has 0 fully saturated rings. The van der Waals surface area contributed by atoms with Crippen LogP contribution < -0.4 is 0 Å². The molecule has 1 heterocycles. The van der Waals surface area contributed by atoms with E-state index in [9.17, 15) is 10.1 Å². The lowest BCUT2D eigenvalue weighted by molar-refractivity contribution is -0.391. The average Bonchev–Trinajstić information content (AvgIpc) is 2.78. The number of aromatic nitrogens is 2. The van der Waals surface area contributed by atoms with Gasteiger partial charge in [-0.05, 0) is 22.1 Å². The predicted molar refractivity (Wildman–Crippen MR) is 74.8 cm³/mol. The molecule has 0 bridgehead atoms. The normalized spacial score (nSPS) is 11.1. The van der Waals surface area contributed by atoms with Gasteiger partial charge in [0.2, 0.25) is 5.82 Å². The highest BCUT2D eigenvalue weighted by Crippen LogP contribution is 2.14. The minimum Gasteiger partial charge on any atom is -0.358 e. The summed E-state index contributed by atoms with van der Waals surface area (Å²) in [5, 5.41) is 10.7. The van der Waals surface area contributed by atoms with E-state index in [0.29, 0.717) is 11.7 Å². The van der Waals surface area contributed by atoms with Crippen LogP contribution >= 0.6 is 11.6 Å². The number of hydrogen-bond acceptors (Lipinski definition) is 3. The lowest BCUT2D eigenvalue weighted by Gasteiger charge is -1.96. The Morgan fingerprint density at radius 1 is 1.37 bits per heavy atom. The molecule has 0 amide bonds. The molecule has 0 aliphatic carbocycles. The number of alkyl halides is 1. The second kappa shape index (κ2) is 5.67. The molecule has 1 aromatic heterocycles. The molecule has 0 spiro atoms. The van der Waals surface area contributed by atoms with Gasteiger partial charge < -0.3 is 10.1 Å². The zero-order chi connectivity index (χ0) is 13.8. The van der Waals surface area contributed by atoms with Crippen molar-refractivity contribution in [1.29, 1.82) is 0 Å². The first-order valence-corrected chi connectivity index (χ1v) is 6.14. The number of rotatable bonds is 4. The van der Waals surface area contributed by atoms with Crippen LogP contribution in [0.2, 0.25) is 0 Å². The minimum atomic E-state index is -0.459. The zero-order valence-corrected chi connectivity index (χ0v) is 11.0. The first kappa shape index (κ1) is 13.3. The molecule has 0 N–H and O–H groups in total. The standard InChI is InChI=1S/C13H12ClN3O2/c1-16-12(15-9-13(16)17(18)19)7-6-10-2-4-11(8-14)5-3-10/h2-7,9H,8H2,1H3/b7-6+. The second-order valence-electron chi connectivity index (χ2n) is 4.00. The Balaban J connectivity index is 2.20. The van der Waals surface area contributed by atoms with E-state index in [4.69, 9.17) is 11.6 Å². The average molecular weight is 278 g/mol. The van der Waals surface area contributed by atoms with Crippen molar-refractivity contribution in [1.82, 2.24) is 9.55 Å². The summed E-state index contributed by atoms with van der Waals surface area (Å²) in [6.45, 7) is 0. The van der Waals surface area contributed by atoms with Gasteiger partial charge in [-0.3, -0.25) is 0 Å². The number of nitro groups is 1. The van der Waals surface area contributed by atoms with Crippen molar-refractivity contribution in [3.63, 3.8) is 0 Å². The van der Waals surface area contributed by atoms with Gasteiger partial charge in [-0.2, -0.15) is 0 Å². The third kappa shape index (κ3) is 3.00. The molecule has 0 aliphatic heterocycles. The Morgan fingerprint density at radius 2 is 2.05 bits per heavy atom. The number of hydrogen-bond donors (Lipinski definition) is 0. The van der Waals surface area contributed by atoms with E-state index < -0.39 is 4.92 Å². The molecular weight excluding hydrogens is 266 g/mol. The van der Waals surface area contributed by atoms with E-state index in [1.807, 2.05) is 30.3 Å². The van der Waals surface area contributed by atoms with Crippen molar-refractivity contribution in [3.05, 3.63) is 57.5 Å². The van der Waals surface area contributed by atoms with Gasteiger partial charge in [0.25, 0.3) is 0 Å². The summed E-state index contributed by atoms with van der Waals surface area (Å²) < 4.78 is 1.43. The highest BCUT2D eigenvalue weighted by Gasteiger charge is 2.13. The Kier molecular flexibility index (Phi) is 3.97. The fraction of sp³-hybridized carbons (Fsp3) is 0.154. The summed E-state index contributed by atoms with van der Waals surface area (Å²) in [7, 11) is 1.61. The summed E-state index contributed by atoms with van der Waals surface area (Å²) >= 11 is 5.71. The fourth-order valence-electron chi connectivity index (χ4n) is 1.63. The van der Waals surface area contributed by atoms with Crippen molar-refractivity contribution >= 4 is 29.6 Å². The van der Waals surface area contributed by atoms with Crippen LogP contribution in [-0.2, 0) is 12.9 Å². The smallest absolute Gasteiger partial charge is 0.342 e. The van der Waals surface area contributed by atoms with Gasteiger partial charge in [0.15, 0.2) is 0 Å². The molecule has 0 aliphatic rings. The van der Waals surface area contributed by atoms with E-state index in [1.165, 1.54) is 10.8 Å². The van der Waals surface area contributed by atoms with Crippen molar-refractivity contribution in [2.75, 3.05) is 0 Å². The van der Waals surface area contributed by atoms with Crippen LogP contribution in [0.15, 0.2) is 30.5 Å². The summed E-state index contributed by atoms with van der Waals surface area (Å²) in [5.74, 6) is 0.987. The highest BCUT2D eigenvalue weighted by atomic mass is 35.5. The van der Waals surface area contributed by atoms with Gasteiger partial charge in [-0.15, -0.1) is 11.6 Å². The maximum atomic E-state index is 10.7. The monoisotopic (exact) mass is 277 g/mol. The van der Waals surface area contributed by atoms with Crippen molar-refractivity contribution in [2.24, 2.45) is 7.05 Å². The van der Waals surface area contributed by atoms with Crippen LogP contribution in [0.4, 0.5) is 5.82 Å². The van der Waals surface area contributed by atoms with Crippen LogP contribution in [0.5, 0.6) is 0 Å². The van der Waals surface area contributed by atoms with Gasteiger partial charge in [-0.25, -0.2) is 9.55 Å². The SMILES string of the molecule is Cn1c([N+](=O)[O-])cnc1/C=C/c1ccc(CCl)cc1. The fourth-order valence-corrected chi connectivity index (χ4v) is 1.81. The Bertz CT molecular complexity index is 617. The largest absolute Gasteiger partial charge is 0.358 e. The van der Waals surface area contributed by atoms with E-state index in [1.54, 1.807) is 13.1 Å². The van der Waals surface area contributed by atoms with Gasteiger partial charge in [0.05, 0.1) is 7.05 Å². The topological polar surface area (TPSA) is 61.0 Å². The van der Waals surface area contributed by atoms with E-state index in [2.05, 4.69) is 4.98 Å². The first-order valence-electron chi connectivity index (χ1n) is 5.61. The van der Waals surface area contributed by atoms with Gasteiger partial charge >= 0.3 is 5.82 Å². The molecule has 0 unspecified atom stereocenters. The maximum absolute atomic E-state index is 10.7. The third-order valence-corrected chi connectivity index (χ3v) is 3.05. The molecule has 98 valence electrons. The number of halogens is 1. The van der Waals surface area contributed by atoms with Gasteiger partial charge in [0, 0.05) is 12.0 Å². The lowest BCUT2D eigenvalue weighted by Crippen LogP contribution is -1.98. The highest BCUT2D eigenvalue weighted by molar-refractivity contribution is 6.17. The molecular formula is C13H12ClN3O2. The predicted octanol–water partition coefficient (Wildman–Crippen LogP) is 3.24. The molecule has 0 radical (unpaired) electrons. The molecule has 0 saturated carbocycles. The lowest BCUT2D eigenvalue weighted by atomic mass is 10.1. The summed E-state index contributed by atoms with van der Waals surface area (Å²) in [4.78, 5) is 14.2. The van der Waals surface area contributed by atoms with Crippen molar-refractivity contribution in [3.8, 4) is 0 Å². The molecule has 0 atom stereocenters. The van der Waals surface area contributed by atoms with Crippen LogP contribution in [0.25, 0.3) is 12.2 Å². The molecule has 6 heteroatoms. The molecule has 5 nitrogen and oxygen atoms in total. The van der Waals surface area contributed by atoms with Gasteiger partial charge in [-0.1, -0.05) is 24.3 Å². The van der Waals surface area contributed by atoms with Gasteiger partial charge in [0.1, 0.15) is 6.20 Å². The molecule has 19 heavy (non-hydrogen) atoms. The number of nitrogens with zero attached hydrogens (tertiary/aromatic N) is 3. The van der Waals surface area contributed by atoms with Crippen molar-refractivity contribution < 1.29 is 4.92 Å². The van der Waals surface area contributed by atoms with E-state index >= 15 is 0 Å². The zero-order valence-electron chi connectivity index (χ0n) is 10.3. The summed E-state index contributed by atoms with van der Waals surface area (Å²) in [6.07, 6.45) is 4.84. The van der Waals surface area contributed by atoms with Crippen LogP contribution in [0, 0.1) is 10.1 Å². The van der Waals surface area contributed by atoms with E-state index in [0.717, 1.165) is 11.1 Å². The second-order valence-corrected chi connectivity index (χ2v) is 4.27. The molecule has 2 rings (SSSR count). The van der Waals surface area contributed by atoms with E-state index in [-0.39, 0.29) is 5.82 Å². The molecule has 2 aromatic rings. The number of imidazole rings is 1. The molecule has 0 saturated heterocycles. The number of benzene rings is 1. The Morgan fingerprint density at radius 3 is 2.58 bits per heavy atom. The van der Waals surface area contributed by atoms with Crippen molar-refractivity contribution in [2.45, 2.75) is 5.88 Å². The Labute approximate surface area is 115 Å². The quantitative estimate of drug-likeness (QED) is 0.490. The van der Waals surface area contributed by atoms with Crippen LogP contribution in [0.1, 0.15) is 17.0 Å².